The standard InChI is InChI=1S/C11H13N3O/c12-13-11(15)6-8-14-7-5-9-3-1-2-4-10(9)14/h1-5,7H,6,8,12H2,(H,13,15). The van der Waals surface area contributed by atoms with Crippen LogP contribution in [0, 0.1) is 0 Å². The van der Waals surface area contributed by atoms with Crippen LogP contribution in [0.1, 0.15) is 6.42 Å². The number of carbonyl (C=O) groups excluding carboxylic acids is 1. The highest BCUT2D eigenvalue weighted by molar-refractivity contribution is 5.80. The van der Waals surface area contributed by atoms with Gasteiger partial charge < -0.3 is 4.57 Å². The van der Waals surface area contributed by atoms with Gasteiger partial charge in [0.05, 0.1) is 0 Å². The van der Waals surface area contributed by atoms with E-state index in [2.05, 4.69) is 11.5 Å². The fourth-order valence-electron chi connectivity index (χ4n) is 1.63. The maximum absolute atomic E-state index is 11.0. The van der Waals surface area contributed by atoms with Crippen molar-refractivity contribution in [3.63, 3.8) is 0 Å². The van der Waals surface area contributed by atoms with Crippen molar-refractivity contribution >= 4 is 16.8 Å². The zero-order chi connectivity index (χ0) is 10.7. The van der Waals surface area contributed by atoms with E-state index in [9.17, 15) is 4.79 Å². The van der Waals surface area contributed by atoms with Crippen molar-refractivity contribution < 1.29 is 4.79 Å². The lowest BCUT2D eigenvalue weighted by molar-refractivity contribution is -0.121. The van der Waals surface area contributed by atoms with Crippen molar-refractivity contribution in [3.8, 4) is 0 Å². The second-order valence-corrected chi connectivity index (χ2v) is 3.39. The summed E-state index contributed by atoms with van der Waals surface area (Å²) in [6.07, 6.45) is 2.38. The monoisotopic (exact) mass is 203 g/mol. The van der Waals surface area contributed by atoms with E-state index in [0.717, 1.165) is 5.52 Å². The normalized spacial score (nSPS) is 10.5. The molecule has 0 bridgehead atoms. The molecule has 3 N–H and O–H groups in total. The fourth-order valence-corrected chi connectivity index (χ4v) is 1.63. The number of nitrogens with two attached hydrogens (primary N) is 1. The van der Waals surface area contributed by atoms with Gasteiger partial charge >= 0.3 is 0 Å². The zero-order valence-corrected chi connectivity index (χ0v) is 8.31. The third-order valence-corrected chi connectivity index (χ3v) is 2.42. The summed E-state index contributed by atoms with van der Waals surface area (Å²) in [5.74, 6) is 4.87. The number of benzene rings is 1. The molecule has 0 unspecified atom stereocenters. The summed E-state index contributed by atoms with van der Waals surface area (Å²) >= 11 is 0. The number of nitrogens with zero attached hydrogens (tertiary/aromatic N) is 1. The summed E-state index contributed by atoms with van der Waals surface area (Å²) in [6.45, 7) is 0.649. The molecule has 15 heavy (non-hydrogen) atoms. The Balaban J connectivity index is 2.18. The number of hydrogen-bond acceptors (Lipinski definition) is 2. The number of aryl methyl sites for hydroxylation is 1. The summed E-state index contributed by atoms with van der Waals surface area (Å²) in [7, 11) is 0. The second-order valence-electron chi connectivity index (χ2n) is 3.39. The Labute approximate surface area is 87.6 Å². The lowest BCUT2D eigenvalue weighted by atomic mass is 10.2. The smallest absolute Gasteiger partial charge is 0.235 e. The van der Waals surface area contributed by atoms with Gasteiger partial charge in [-0.1, -0.05) is 18.2 Å². The van der Waals surface area contributed by atoms with Crippen molar-refractivity contribution in [2.75, 3.05) is 0 Å². The van der Waals surface area contributed by atoms with E-state index < -0.39 is 0 Å². The molecule has 0 aliphatic heterocycles. The van der Waals surface area contributed by atoms with Crippen LogP contribution in [-0.4, -0.2) is 10.5 Å². The van der Waals surface area contributed by atoms with Gasteiger partial charge in [-0.25, -0.2) is 5.84 Å². The lowest BCUT2D eigenvalue weighted by Crippen LogP contribution is -2.30. The van der Waals surface area contributed by atoms with Gasteiger partial charge in [0, 0.05) is 24.7 Å². The molecule has 0 aliphatic rings. The van der Waals surface area contributed by atoms with Crippen LogP contribution in [0.15, 0.2) is 36.5 Å². The number of fused-ring (bicyclic) bond motifs is 1. The summed E-state index contributed by atoms with van der Waals surface area (Å²) < 4.78 is 2.05. The number of amides is 1. The Morgan fingerprint density at radius 2 is 2.13 bits per heavy atom. The average molecular weight is 203 g/mol. The number of hydrazine groups is 1. The summed E-state index contributed by atoms with van der Waals surface area (Å²) in [4.78, 5) is 11.0. The van der Waals surface area contributed by atoms with Crippen LogP contribution in [0.5, 0.6) is 0 Å². The third kappa shape index (κ3) is 1.99. The molecule has 1 amide bonds. The SMILES string of the molecule is NNC(=O)CCn1ccc2ccccc21. The van der Waals surface area contributed by atoms with Gasteiger partial charge in [-0.15, -0.1) is 0 Å². The van der Waals surface area contributed by atoms with E-state index in [1.54, 1.807) is 0 Å². The molecular formula is C11H13N3O. The molecule has 78 valence electrons. The Morgan fingerprint density at radius 3 is 2.93 bits per heavy atom. The molecule has 0 fully saturated rings. The van der Waals surface area contributed by atoms with Gasteiger partial charge in [-0.05, 0) is 17.5 Å². The van der Waals surface area contributed by atoms with Crippen LogP contribution in [0.4, 0.5) is 0 Å². The Morgan fingerprint density at radius 1 is 1.33 bits per heavy atom. The highest BCUT2D eigenvalue weighted by Gasteiger charge is 2.02. The van der Waals surface area contributed by atoms with Crippen LogP contribution in [0.2, 0.25) is 0 Å². The van der Waals surface area contributed by atoms with Crippen LogP contribution >= 0.6 is 0 Å². The molecule has 2 aromatic rings. The third-order valence-electron chi connectivity index (χ3n) is 2.42. The van der Waals surface area contributed by atoms with Gasteiger partial charge in [0.2, 0.25) is 5.91 Å². The number of nitrogens with one attached hydrogen (secondary N) is 1. The molecule has 0 saturated heterocycles. The Hall–Kier alpha value is -1.81. The first-order valence-corrected chi connectivity index (χ1v) is 4.84. The molecular weight excluding hydrogens is 190 g/mol. The van der Waals surface area contributed by atoms with Crippen LogP contribution in [-0.2, 0) is 11.3 Å². The minimum Gasteiger partial charge on any atom is -0.347 e. The van der Waals surface area contributed by atoms with Gasteiger partial charge in [0.1, 0.15) is 0 Å². The highest BCUT2D eigenvalue weighted by Crippen LogP contribution is 2.15. The largest absolute Gasteiger partial charge is 0.347 e. The van der Waals surface area contributed by atoms with E-state index in [4.69, 9.17) is 5.84 Å². The molecule has 4 heteroatoms. The number of hydrogen-bond donors (Lipinski definition) is 2. The van der Waals surface area contributed by atoms with Crippen molar-refractivity contribution in [1.82, 2.24) is 9.99 Å². The Bertz CT molecular complexity index is 475. The zero-order valence-electron chi connectivity index (χ0n) is 8.31. The Kier molecular flexibility index (Phi) is 2.69. The predicted molar refractivity (Wildman–Crippen MR) is 58.9 cm³/mol. The van der Waals surface area contributed by atoms with E-state index in [1.807, 2.05) is 35.0 Å². The van der Waals surface area contributed by atoms with Crippen LogP contribution in [0.3, 0.4) is 0 Å². The van der Waals surface area contributed by atoms with Crippen molar-refractivity contribution in [1.29, 1.82) is 0 Å². The first-order valence-electron chi connectivity index (χ1n) is 4.84. The maximum atomic E-state index is 11.0. The number of aromatic nitrogens is 1. The minimum absolute atomic E-state index is 0.146. The molecule has 0 spiro atoms. The van der Waals surface area contributed by atoms with Gasteiger partial charge in [-0.3, -0.25) is 10.2 Å². The van der Waals surface area contributed by atoms with Gasteiger partial charge in [-0.2, -0.15) is 0 Å². The van der Waals surface area contributed by atoms with Gasteiger partial charge in [0.25, 0.3) is 0 Å². The minimum atomic E-state index is -0.146. The number of para-hydroxylation sites is 1. The second kappa shape index (κ2) is 4.14. The summed E-state index contributed by atoms with van der Waals surface area (Å²) in [5.41, 5.74) is 3.26. The molecule has 0 aliphatic carbocycles. The molecule has 4 nitrogen and oxygen atoms in total. The fraction of sp³-hybridized carbons (Fsp3) is 0.182. The van der Waals surface area contributed by atoms with Crippen molar-refractivity contribution in [2.45, 2.75) is 13.0 Å². The average Bonchev–Trinajstić information content (AvgIpc) is 2.69. The molecule has 1 aromatic carbocycles. The molecule has 2 rings (SSSR count). The molecule has 1 heterocycles. The van der Waals surface area contributed by atoms with Crippen LogP contribution in [0.25, 0.3) is 10.9 Å². The first-order chi connectivity index (χ1) is 7.31. The van der Waals surface area contributed by atoms with E-state index >= 15 is 0 Å². The number of rotatable bonds is 3. The van der Waals surface area contributed by atoms with Crippen molar-refractivity contribution in [2.24, 2.45) is 5.84 Å². The lowest BCUT2D eigenvalue weighted by Gasteiger charge is -2.04. The molecule has 0 saturated carbocycles. The van der Waals surface area contributed by atoms with E-state index in [0.29, 0.717) is 13.0 Å². The topological polar surface area (TPSA) is 60.0 Å². The van der Waals surface area contributed by atoms with Gasteiger partial charge in [0.15, 0.2) is 0 Å². The van der Waals surface area contributed by atoms with E-state index in [-0.39, 0.29) is 5.91 Å². The quantitative estimate of drug-likeness (QED) is 0.444. The molecule has 0 radical (unpaired) electrons. The highest BCUT2D eigenvalue weighted by atomic mass is 16.2. The summed E-state index contributed by atoms with van der Waals surface area (Å²) in [6, 6.07) is 10.1. The van der Waals surface area contributed by atoms with E-state index in [1.165, 1.54) is 5.39 Å². The van der Waals surface area contributed by atoms with Crippen LogP contribution < -0.4 is 11.3 Å². The first kappa shape index (κ1) is 9.73. The predicted octanol–water partition coefficient (Wildman–Crippen LogP) is 1.02. The molecule has 0 atom stereocenters. The van der Waals surface area contributed by atoms with Crippen molar-refractivity contribution in [3.05, 3.63) is 36.5 Å². The molecule has 1 aromatic heterocycles. The number of carbonyl (C=O) groups is 1. The summed E-state index contributed by atoms with van der Waals surface area (Å²) in [5, 5.41) is 1.19. The maximum Gasteiger partial charge on any atom is 0.235 e.